The average molecular weight is 576 g/mol. The van der Waals surface area contributed by atoms with Gasteiger partial charge in [-0.05, 0) is 79.3 Å². The molecule has 39 heavy (non-hydrogen) atoms. The quantitative estimate of drug-likeness (QED) is 0.203. The van der Waals surface area contributed by atoms with Gasteiger partial charge in [0.25, 0.3) is 15.9 Å². The van der Waals surface area contributed by atoms with Gasteiger partial charge < -0.3 is 4.42 Å². The molecule has 0 saturated carbocycles. The fourth-order valence-corrected chi connectivity index (χ4v) is 7.94. The molecule has 0 bridgehead atoms. The number of carbonyl (C=O) groups is 1. The number of aromatic nitrogens is 1. The lowest BCUT2D eigenvalue weighted by Crippen LogP contribution is -2.35. The minimum Gasteiger partial charge on any atom is -0.467 e. The van der Waals surface area contributed by atoms with Gasteiger partial charge in [-0.25, -0.2) is 13.4 Å². The van der Waals surface area contributed by atoms with Crippen molar-refractivity contribution in [1.29, 1.82) is 0 Å². The summed E-state index contributed by atoms with van der Waals surface area (Å²) < 4.78 is 35.1. The average Bonchev–Trinajstić information content (AvgIpc) is 3.65. The molecule has 1 amide bonds. The molecule has 3 aromatic carbocycles. The molecule has 2 aromatic heterocycles. The first-order valence-electron chi connectivity index (χ1n) is 12.4. The molecule has 10 heteroatoms. The number of fused-ring (bicyclic) bond motifs is 2. The first-order chi connectivity index (χ1) is 19.0. The van der Waals surface area contributed by atoms with Gasteiger partial charge in [-0.15, -0.1) is 11.8 Å². The molecule has 7 nitrogen and oxygen atoms in total. The molecule has 3 heterocycles. The van der Waals surface area contributed by atoms with Gasteiger partial charge >= 0.3 is 0 Å². The zero-order valence-corrected chi connectivity index (χ0v) is 23.6. The Morgan fingerprint density at radius 2 is 1.87 bits per heavy atom. The molecule has 1 aliphatic rings. The number of furan rings is 1. The molecule has 0 saturated heterocycles. The number of carbonyl (C=O) groups excluding carboxylic acids is 1. The van der Waals surface area contributed by atoms with Crippen LogP contribution in [0.25, 0.3) is 10.2 Å². The molecule has 0 N–H and O–H groups in total. The minimum atomic E-state index is -3.78. The van der Waals surface area contributed by atoms with Crippen molar-refractivity contribution < 1.29 is 17.6 Å². The summed E-state index contributed by atoms with van der Waals surface area (Å²) in [6.07, 6.45) is 5.18. The Morgan fingerprint density at radius 1 is 1.05 bits per heavy atom. The Kier molecular flexibility index (Phi) is 6.92. The van der Waals surface area contributed by atoms with Crippen molar-refractivity contribution in [2.45, 2.75) is 29.2 Å². The predicted molar refractivity (Wildman–Crippen MR) is 156 cm³/mol. The largest absolute Gasteiger partial charge is 0.467 e. The van der Waals surface area contributed by atoms with Crippen LogP contribution in [0.1, 0.15) is 28.1 Å². The van der Waals surface area contributed by atoms with Crippen LogP contribution >= 0.6 is 23.1 Å². The van der Waals surface area contributed by atoms with Crippen LogP contribution in [0.3, 0.4) is 0 Å². The van der Waals surface area contributed by atoms with Crippen LogP contribution in [0, 0.1) is 0 Å². The zero-order chi connectivity index (χ0) is 27.0. The molecule has 0 unspecified atom stereocenters. The molecule has 0 spiro atoms. The molecule has 198 valence electrons. The van der Waals surface area contributed by atoms with Crippen LogP contribution in [0.4, 0.5) is 10.8 Å². The highest BCUT2D eigenvalue weighted by Gasteiger charge is 2.30. The molecule has 6 rings (SSSR count). The maximum atomic E-state index is 13.8. The van der Waals surface area contributed by atoms with E-state index in [-0.39, 0.29) is 17.3 Å². The number of sulfonamides is 1. The fraction of sp³-hybridized carbons (Fsp3) is 0.172. The Bertz CT molecular complexity index is 1750. The number of anilines is 2. The van der Waals surface area contributed by atoms with E-state index in [9.17, 15) is 13.2 Å². The second kappa shape index (κ2) is 10.5. The van der Waals surface area contributed by atoms with E-state index in [0.29, 0.717) is 28.7 Å². The lowest BCUT2D eigenvalue weighted by Gasteiger charge is -2.30. The van der Waals surface area contributed by atoms with E-state index in [1.807, 2.05) is 54.8 Å². The smallest absolute Gasteiger partial charge is 0.264 e. The number of thioether (sulfide) groups is 1. The first kappa shape index (κ1) is 25.7. The second-order valence-electron chi connectivity index (χ2n) is 9.11. The van der Waals surface area contributed by atoms with Gasteiger partial charge in [0.15, 0.2) is 5.13 Å². The van der Waals surface area contributed by atoms with Crippen molar-refractivity contribution in [2.24, 2.45) is 0 Å². The van der Waals surface area contributed by atoms with Gasteiger partial charge in [0.2, 0.25) is 0 Å². The lowest BCUT2D eigenvalue weighted by molar-refractivity contribution is 0.0983. The standard InChI is InChI=1S/C29H25N3O4S3/c1-37-25-11-4-12-26-27(25)30-29(38-26)31(19-22-9-6-18-36-22)28(33)21-13-15-23(16-14-21)39(34,35)32-17-5-8-20-7-2-3-10-24(20)32/h2-4,6-7,9-16,18H,5,8,17,19H2,1H3. The Balaban J connectivity index is 1.33. The SMILES string of the molecule is CSc1cccc2sc(N(Cc3ccco3)C(=O)c3ccc(S(=O)(=O)N4CCCc5ccccc54)cc3)nc12. The van der Waals surface area contributed by atoms with Crippen LogP contribution < -0.4 is 9.21 Å². The first-order valence-corrected chi connectivity index (χ1v) is 15.9. The highest BCUT2D eigenvalue weighted by Crippen LogP contribution is 2.36. The summed E-state index contributed by atoms with van der Waals surface area (Å²) in [5, 5.41) is 0.550. The maximum Gasteiger partial charge on any atom is 0.264 e. The normalized spacial score (nSPS) is 13.4. The van der Waals surface area contributed by atoms with Crippen LogP contribution in [-0.4, -0.2) is 32.1 Å². The van der Waals surface area contributed by atoms with E-state index in [1.54, 1.807) is 41.1 Å². The Morgan fingerprint density at radius 3 is 2.64 bits per heavy atom. The number of aryl methyl sites for hydroxylation is 1. The van der Waals surface area contributed by atoms with Gasteiger partial charge in [0, 0.05) is 17.0 Å². The van der Waals surface area contributed by atoms with E-state index in [1.165, 1.54) is 27.8 Å². The number of thiazole rings is 1. The summed E-state index contributed by atoms with van der Waals surface area (Å²) in [4.78, 5) is 21.4. The van der Waals surface area contributed by atoms with Crippen LogP contribution in [0.15, 0.2) is 99.3 Å². The van der Waals surface area contributed by atoms with E-state index in [0.717, 1.165) is 33.5 Å². The molecule has 0 fully saturated rings. The third kappa shape index (κ3) is 4.84. The monoisotopic (exact) mass is 575 g/mol. The Labute approximate surface area is 235 Å². The van der Waals surface area contributed by atoms with Crippen LogP contribution in [0.5, 0.6) is 0 Å². The van der Waals surface area contributed by atoms with Gasteiger partial charge in [0.05, 0.1) is 33.6 Å². The van der Waals surface area contributed by atoms with Crippen LogP contribution in [0.2, 0.25) is 0 Å². The number of hydrogen-bond donors (Lipinski definition) is 0. The van der Waals surface area contributed by atoms with Crippen LogP contribution in [-0.2, 0) is 23.0 Å². The molecule has 0 atom stereocenters. The van der Waals surface area contributed by atoms with Crippen molar-refractivity contribution in [2.75, 3.05) is 22.0 Å². The van der Waals surface area contributed by atoms with E-state index in [2.05, 4.69) is 0 Å². The molecular weight excluding hydrogens is 551 g/mol. The number of nitrogens with zero attached hydrogens (tertiary/aromatic N) is 3. The van der Waals surface area contributed by atoms with Crippen molar-refractivity contribution in [3.8, 4) is 0 Å². The van der Waals surface area contributed by atoms with Gasteiger partial charge in [-0.3, -0.25) is 14.0 Å². The maximum absolute atomic E-state index is 13.8. The van der Waals surface area contributed by atoms with Gasteiger partial charge in [-0.2, -0.15) is 0 Å². The zero-order valence-electron chi connectivity index (χ0n) is 21.1. The van der Waals surface area contributed by atoms with E-state index < -0.39 is 10.0 Å². The van der Waals surface area contributed by atoms with Gasteiger partial charge in [0.1, 0.15) is 5.76 Å². The summed E-state index contributed by atoms with van der Waals surface area (Å²) in [5.41, 5.74) is 2.96. The molecule has 0 aliphatic carbocycles. The number of rotatable bonds is 7. The van der Waals surface area contributed by atoms with Crippen molar-refractivity contribution in [1.82, 2.24) is 4.98 Å². The summed E-state index contributed by atoms with van der Waals surface area (Å²) in [7, 11) is -3.78. The summed E-state index contributed by atoms with van der Waals surface area (Å²) >= 11 is 3.04. The third-order valence-corrected chi connectivity index (χ3v) is 10.4. The van der Waals surface area contributed by atoms with Crippen molar-refractivity contribution in [3.63, 3.8) is 0 Å². The molecular formula is C29H25N3O4S3. The highest BCUT2D eigenvalue weighted by atomic mass is 32.2. The molecule has 5 aromatic rings. The summed E-state index contributed by atoms with van der Waals surface area (Å²) in [6.45, 7) is 0.622. The highest BCUT2D eigenvalue weighted by molar-refractivity contribution is 7.98. The van der Waals surface area contributed by atoms with Crippen molar-refractivity contribution >= 4 is 60.1 Å². The second-order valence-corrected chi connectivity index (χ2v) is 12.8. The van der Waals surface area contributed by atoms with Gasteiger partial charge in [-0.1, -0.05) is 35.6 Å². The predicted octanol–water partition coefficient (Wildman–Crippen LogP) is 6.60. The summed E-state index contributed by atoms with van der Waals surface area (Å²) in [5.74, 6) is 0.332. The minimum absolute atomic E-state index is 0.151. The van der Waals surface area contributed by atoms with Crippen molar-refractivity contribution in [3.05, 3.63) is 102 Å². The Hall–Kier alpha value is -3.60. The topological polar surface area (TPSA) is 83.7 Å². The lowest BCUT2D eigenvalue weighted by atomic mass is 10.0. The number of hydrogen-bond acceptors (Lipinski definition) is 7. The number of amides is 1. The van der Waals surface area contributed by atoms with E-state index >= 15 is 0 Å². The molecule has 1 aliphatic heterocycles. The molecule has 0 radical (unpaired) electrons. The van der Waals surface area contributed by atoms with E-state index in [4.69, 9.17) is 9.40 Å². The summed E-state index contributed by atoms with van der Waals surface area (Å²) in [6, 6.07) is 23.3. The third-order valence-electron chi connectivity index (χ3n) is 6.72. The fourth-order valence-electron chi connectivity index (χ4n) is 4.78. The number of benzene rings is 3. The number of para-hydroxylation sites is 2.